The van der Waals surface area contributed by atoms with Crippen molar-refractivity contribution in [2.24, 2.45) is 0 Å². The zero-order valence-corrected chi connectivity index (χ0v) is 69.3. The first kappa shape index (κ1) is 104. The van der Waals surface area contributed by atoms with Gasteiger partial charge in [-0.3, -0.25) is 38.4 Å². The van der Waals surface area contributed by atoms with Crippen molar-refractivity contribution < 1.29 is 82.4 Å². The largest absolute Gasteiger partial charge is 1.00 e. The van der Waals surface area contributed by atoms with E-state index in [1.807, 2.05) is 40.4 Å². The van der Waals surface area contributed by atoms with Crippen molar-refractivity contribution in [2.45, 2.75) is 87.5 Å². The van der Waals surface area contributed by atoms with Gasteiger partial charge in [-0.2, -0.15) is 21.0 Å². The molecule has 12 aromatic rings. The number of aromatic nitrogens is 8. The summed E-state index contributed by atoms with van der Waals surface area (Å²) in [7, 11) is -1.61. The Balaban J connectivity index is 0.000000493. The fraction of sp³-hybridized carbons (Fsp3) is 0.253. The van der Waals surface area contributed by atoms with E-state index in [0.717, 1.165) is 27.8 Å². The molecule has 14 rings (SSSR count). The number of ether oxygens (including phenoxy) is 2. The zero-order valence-electron chi connectivity index (χ0n) is 60.6. The van der Waals surface area contributed by atoms with E-state index in [9.17, 15) is 47.1 Å². The first-order chi connectivity index (χ1) is 52.8. The third-order valence-electron chi connectivity index (χ3n) is 16.0. The molecule has 118 heavy (non-hydrogen) atoms. The van der Waals surface area contributed by atoms with Crippen LogP contribution in [0.15, 0.2) is 143 Å². The van der Waals surface area contributed by atoms with E-state index in [-0.39, 0.29) is 180 Å². The van der Waals surface area contributed by atoms with Crippen LogP contribution >= 0.6 is 120 Å². The number of hydrogen-bond donors (Lipinski definition) is 4. The molecule has 0 unspecified atom stereocenters. The van der Waals surface area contributed by atoms with Gasteiger partial charge in [-0.15, -0.1) is 57.8 Å². The number of thiophene rings is 4. The number of nitrogens with zero attached hydrogens (tertiary/aromatic N) is 13. The predicted molar refractivity (Wildman–Crippen MR) is 457 cm³/mol. The first-order valence-corrected chi connectivity index (χ1v) is 38.2. The van der Waals surface area contributed by atoms with Crippen molar-refractivity contribution in [2.75, 3.05) is 39.4 Å². The number of amides is 1. The van der Waals surface area contributed by atoms with Crippen LogP contribution in [0.3, 0.4) is 0 Å². The average molecular weight is 1850 g/mol. The minimum atomic E-state index is -1.61. The number of pyridine rings is 8. The number of carbonyl (C=O) groups is 4. The summed E-state index contributed by atoms with van der Waals surface area (Å²) in [4.78, 5) is 114. The van der Waals surface area contributed by atoms with Gasteiger partial charge in [-0.25, -0.2) is 28.7 Å². The summed E-state index contributed by atoms with van der Waals surface area (Å²) in [6, 6.07) is 20.6. The number of aliphatic carboxylic acids is 1. The van der Waals surface area contributed by atoms with E-state index < -0.39 is 42.9 Å². The SMILES string of the molecule is C.C.C.CC1(F)CN(C(=O)Cn2ccc3scc(-c4cnc(C#N)c(Cl)c4)c3c2=O)C1.CC1(F)CNC1.CCOC(=O)Cn1ccc2scc(-c3cnc(C#N)c(Cl)c3)c2c1=O.CCOC(=O)Cn1ccc2scc(Br)c2c1=O.Cl.N#Cc1ncc(-c2csc3ccn(CC(=O)O)c(=O)c23)cc1Cl.N#Cc1ncc(B(O)O)cc1Cl.O.[Li+].[OH-]. The number of carboxylic acid groups (broad SMARTS) is 1. The normalized spacial score (nSPS) is 11.9. The molecule has 616 valence electrons. The Bertz CT molecular complexity index is 6050. The quantitative estimate of drug-likeness (QED) is 0.0581. The molecule has 0 bridgehead atoms. The van der Waals surface area contributed by atoms with Crippen LogP contribution in [0.1, 0.15) is 72.8 Å². The maximum absolute atomic E-state index is 13.6. The molecule has 0 radical (unpaired) electrons. The van der Waals surface area contributed by atoms with Gasteiger partial charge in [-0.1, -0.05) is 68.7 Å². The fourth-order valence-electron chi connectivity index (χ4n) is 10.6. The average Bonchev–Trinajstić information content (AvgIpc) is 1.59. The summed E-state index contributed by atoms with van der Waals surface area (Å²) in [5.74, 6) is -2.26. The smallest absolute Gasteiger partial charge is 0.870 e. The van der Waals surface area contributed by atoms with Crippen LogP contribution in [0, 0.1) is 45.3 Å². The zero-order chi connectivity index (χ0) is 80.8. The molecule has 0 atom stereocenters. The van der Waals surface area contributed by atoms with Crippen LogP contribution in [0.4, 0.5) is 8.78 Å². The third kappa shape index (κ3) is 25.7. The Morgan fingerprint density at radius 1 is 0.551 bits per heavy atom. The monoisotopic (exact) mass is 1850 g/mol. The van der Waals surface area contributed by atoms with E-state index >= 15 is 0 Å². The molecular formula is C75H72BBrCl5F2LiN14O15S4. The van der Waals surface area contributed by atoms with E-state index in [4.69, 9.17) is 92.1 Å². The van der Waals surface area contributed by atoms with Crippen LogP contribution in [0.25, 0.3) is 73.7 Å². The molecule has 2 saturated heterocycles. The number of carboxylic acids is 1. The molecule has 0 saturated carbocycles. The van der Waals surface area contributed by atoms with Crippen LogP contribution in [0.5, 0.6) is 0 Å². The summed E-state index contributed by atoms with van der Waals surface area (Å²) < 4.78 is 44.6. The van der Waals surface area contributed by atoms with Crippen molar-refractivity contribution in [3.05, 3.63) is 208 Å². The number of carbonyl (C=O) groups excluding carboxylic acids is 3. The standard InChI is InChI=1S/C19H14ClFN4O2S.C17H12ClN3O3S.C15H8ClN3O3S.C11H10BrNO3S.C6H4BClN2O2.C4H8FN.3CH4.ClH.Li.2H2O/c1-19(21)9-25(10-19)16(26)7-24-3-2-15-17(18(24)27)12(8-28-15)11-4-13(20)14(5-22)23-6-11;1-2-24-15(22)8-21-4-3-14-16(17(21)23)11(9-25-14)10-5-12(18)13(6-19)20-7-10;16-10-3-8(5-18-11(10)4-17)9-7-23-12-1-2-19(6-13(20)21)15(22)14(9)12;1-2-16-9(14)5-13-4-3-8-10(11(13)15)7(12)6-17-8;8-5-1-4(7(11)12)3-10-6(5)2-9;1-4(5)2-6-3-4;;;;;;;/h2-4,6,8H,7,9-10H2,1H3;3-5,7,9H,2,8H2,1H3;1-3,5,7H,6H2,(H,20,21);3-4,6H,2,5H2,1H3;1,3,11-12H;6H,2-3H2,1H3;3*1H4;1H;;2*1H2/q;;;;;;;;;;+1;;/p-1. The van der Waals surface area contributed by atoms with E-state index in [1.54, 1.807) is 87.2 Å². The maximum atomic E-state index is 13.6. The Morgan fingerprint density at radius 3 is 1.14 bits per heavy atom. The number of rotatable bonds is 14. The summed E-state index contributed by atoms with van der Waals surface area (Å²) in [6.07, 6.45) is 11.9. The van der Waals surface area contributed by atoms with Crippen molar-refractivity contribution in [3.63, 3.8) is 0 Å². The second kappa shape index (κ2) is 46.6. The van der Waals surface area contributed by atoms with Crippen LogP contribution < -0.4 is 51.9 Å². The molecule has 7 N–H and O–H groups in total. The van der Waals surface area contributed by atoms with E-state index in [1.165, 1.54) is 108 Å². The van der Waals surface area contributed by atoms with Gasteiger partial charge in [0, 0.05) is 146 Å². The number of fused-ring (bicyclic) bond motifs is 4. The predicted octanol–water partition coefficient (Wildman–Crippen LogP) is 9.49. The molecule has 12 aromatic heterocycles. The van der Waals surface area contributed by atoms with Gasteiger partial charge in [0.2, 0.25) is 5.91 Å². The Kier molecular flexibility index (Phi) is 41.3. The minimum absolute atomic E-state index is 0. The Morgan fingerprint density at radius 2 is 0.856 bits per heavy atom. The number of esters is 2. The topological polar surface area (TPSA) is 459 Å². The van der Waals surface area contributed by atoms with Gasteiger partial charge in [0.25, 0.3) is 22.2 Å². The van der Waals surface area contributed by atoms with Crippen LogP contribution in [-0.2, 0) is 54.8 Å². The molecule has 43 heteroatoms. The molecule has 29 nitrogen and oxygen atoms in total. The molecule has 1 amide bonds. The molecule has 2 aliphatic heterocycles. The molecule has 0 spiro atoms. The van der Waals surface area contributed by atoms with Gasteiger partial charge < -0.3 is 64.1 Å². The third-order valence-corrected chi connectivity index (χ3v) is 21.9. The van der Waals surface area contributed by atoms with Gasteiger partial charge in [0.15, 0.2) is 22.8 Å². The summed E-state index contributed by atoms with van der Waals surface area (Å²) in [6.45, 7) is 7.48. The molecule has 2 fully saturated rings. The summed E-state index contributed by atoms with van der Waals surface area (Å²) in [5.41, 5.74) is 0.970. The van der Waals surface area contributed by atoms with Crippen molar-refractivity contribution in [3.8, 4) is 57.7 Å². The minimum Gasteiger partial charge on any atom is -0.870 e. The maximum Gasteiger partial charge on any atom is 1.00 e. The molecular weight excluding hydrogens is 1780 g/mol. The van der Waals surface area contributed by atoms with Crippen LogP contribution in [0.2, 0.25) is 20.1 Å². The van der Waals surface area contributed by atoms with E-state index in [2.05, 4.69) is 41.2 Å². The first-order valence-electron chi connectivity index (χ1n) is 32.4. The number of alkyl halides is 2. The van der Waals surface area contributed by atoms with Gasteiger partial charge >= 0.3 is 43.9 Å². The number of nitrogens with one attached hydrogen (secondary N) is 1. The van der Waals surface area contributed by atoms with Gasteiger partial charge in [0.05, 0.1) is 67.9 Å². The number of halogens is 8. The molecule has 0 aliphatic carbocycles. The number of likely N-dealkylation sites (tertiary alicyclic amines) is 1. The Hall–Kier alpha value is -9.67. The summed E-state index contributed by atoms with van der Waals surface area (Å²) in [5, 5.41) is 74.3. The van der Waals surface area contributed by atoms with Crippen molar-refractivity contribution in [1.82, 2.24) is 48.4 Å². The van der Waals surface area contributed by atoms with Gasteiger partial charge in [-0.05, 0) is 92.2 Å². The van der Waals surface area contributed by atoms with Crippen LogP contribution in [-0.4, -0.2) is 151 Å². The van der Waals surface area contributed by atoms with Crippen molar-refractivity contribution >= 4 is 197 Å². The summed E-state index contributed by atoms with van der Waals surface area (Å²) >= 11 is 32.7. The number of nitriles is 4. The molecule has 2 aliphatic rings. The molecule has 14 heterocycles. The van der Waals surface area contributed by atoms with E-state index in [0.29, 0.717) is 74.6 Å². The number of hydrogen-bond acceptors (Lipinski definition) is 26. The fourth-order valence-corrected chi connectivity index (χ4v) is 15.9. The second-order valence-corrected chi connectivity index (χ2v) is 30.4. The van der Waals surface area contributed by atoms with Crippen molar-refractivity contribution in [1.29, 1.82) is 21.0 Å². The van der Waals surface area contributed by atoms with Gasteiger partial charge in [0.1, 0.15) is 61.8 Å². The molecule has 0 aromatic carbocycles. The Labute approximate surface area is 735 Å². The second-order valence-electron chi connectivity index (χ2n) is 24.3.